The van der Waals surface area contributed by atoms with Gasteiger partial charge in [-0.15, -0.1) is 0 Å². The van der Waals surface area contributed by atoms with Crippen LogP contribution in [0.15, 0.2) is 54.6 Å². The molecule has 0 unspecified atom stereocenters. The number of ether oxygens (including phenoxy) is 1. The van der Waals surface area contributed by atoms with Gasteiger partial charge in [0.15, 0.2) is 0 Å². The molecule has 2 rings (SSSR count). The molecule has 0 aliphatic heterocycles. The van der Waals surface area contributed by atoms with Gasteiger partial charge < -0.3 is 15.4 Å². The van der Waals surface area contributed by atoms with Gasteiger partial charge in [0.1, 0.15) is 5.75 Å². The topological polar surface area (TPSA) is 67.4 Å². The summed E-state index contributed by atoms with van der Waals surface area (Å²) in [6.45, 7) is 4.29. The Bertz CT molecular complexity index is 667. The molecule has 0 aliphatic carbocycles. The van der Waals surface area contributed by atoms with E-state index in [-0.39, 0.29) is 24.5 Å². The first-order chi connectivity index (χ1) is 11.5. The number of benzene rings is 2. The van der Waals surface area contributed by atoms with Crippen molar-refractivity contribution in [3.8, 4) is 5.75 Å². The largest absolute Gasteiger partial charge is 0.491 e. The Morgan fingerprint density at radius 1 is 0.958 bits per heavy atom. The minimum Gasteiger partial charge on any atom is -0.491 e. The second-order valence-electron chi connectivity index (χ2n) is 5.64. The Balaban J connectivity index is 1.74. The van der Waals surface area contributed by atoms with Crippen molar-refractivity contribution in [2.75, 3.05) is 6.54 Å². The van der Waals surface area contributed by atoms with E-state index in [1.54, 1.807) is 24.3 Å². The quantitative estimate of drug-likeness (QED) is 0.821. The van der Waals surface area contributed by atoms with Crippen molar-refractivity contribution in [1.82, 2.24) is 10.6 Å². The van der Waals surface area contributed by atoms with Gasteiger partial charge in [0.2, 0.25) is 5.91 Å². The van der Waals surface area contributed by atoms with Crippen LogP contribution in [0.4, 0.5) is 0 Å². The Morgan fingerprint density at radius 2 is 1.62 bits per heavy atom. The van der Waals surface area contributed by atoms with Gasteiger partial charge in [-0.05, 0) is 43.7 Å². The SMILES string of the molecule is CC(C)Oc1ccc(CNC(=O)CNC(=O)c2ccccc2)cc1. The maximum Gasteiger partial charge on any atom is 0.251 e. The molecule has 0 radical (unpaired) electrons. The second-order valence-corrected chi connectivity index (χ2v) is 5.64. The number of hydrogen-bond donors (Lipinski definition) is 2. The molecular formula is C19H22N2O3. The highest BCUT2D eigenvalue weighted by Crippen LogP contribution is 2.13. The lowest BCUT2D eigenvalue weighted by Crippen LogP contribution is -2.36. The fourth-order valence-electron chi connectivity index (χ4n) is 2.07. The summed E-state index contributed by atoms with van der Waals surface area (Å²) in [7, 11) is 0. The lowest BCUT2D eigenvalue weighted by Gasteiger charge is -2.10. The summed E-state index contributed by atoms with van der Waals surface area (Å²) in [5.74, 6) is 0.304. The van der Waals surface area contributed by atoms with E-state index in [2.05, 4.69) is 10.6 Å². The first kappa shape index (κ1) is 17.5. The average molecular weight is 326 g/mol. The zero-order chi connectivity index (χ0) is 17.4. The monoisotopic (exact) mass is 326 g/mol. The second kappa shape index (κ2) is 8.72. The lowest BCUT2D eigenvalue weighted by molar-refractivity contribution is -0.120. The summed E-state index contributed by atoms with van der Waals surface area (Å²) in [4.78, 5) is 23.7. The van der Waals surface area contributed by atoms with Gasteiger partial charge >= 0.3 is 0 Å². The molecule has 5 heteroatoms. The summed E-state index contributed by atoms with van der Waals surface area (Å²) in [6.07, 6.45) is 0.128. The van der Waals surface area contributed by atoms with E-state index in [1.165, 1.54) is 0 Å². The maximum atomic E-state index is 11.8. The molecule has 0 fully saturated rings. The molecule has 0 saturated carbocycles. The van der Waals surface area contributed by atoms with Crippen molar-refractivity contribution < 1.29 is 14.3 Å². The van der Waals surface area contributed by atoms with E-state index in [0.717, 1.165) is 11.3 Å². The molecule has 2 aromatic rings. The number of rotatable bonds is 7. The molecule has 2 amide bonds. The van der Waals surface area contributed by atoms with Crippen LogP contribution in [-0.2, 0) is 11.3 Å². The molecule has 24 heavy (non-hydrogen) atoms. The van der Waals surface area contributed by atoms with Crippen molar-refractivity contribution in [1.29, 1.82) is 0 Å². The summed E-state index contributed by atoms with van der Waals surface area (Å²) in [5.41, 5.74) is 1.50. The Kier molecular flexibility index (Phi) is 6.37. The molecule has 0 aromatic heterocycles. The standard InChI is InChI=1S/C19H22N2O3/c1-14(2)24-17-10-8-15(9-11-17)12-20-18(22)13-21-19(23)16-6-4-3-5-7-16/h3-11,14H,12-13H2,1-2H3,(H,20,22)(H,21,23). The number of nitrogens with one attached hydrogen (secondary N) is 2. The molecule has 2 N–H and O–H groups in total. The third-order valence-corrected chi connectivity index (χ3v) is 3.23. The molecule has 2 aromatic carbocycles. The van der Waals surface area contributed by atoms with Crippen molar-refractivity contribution in [3.63, 3.8) is 0 Å². The molecule has 0 bridgehead atoms. The molecule has 0 heterocycles. The molecule has 0 spiro atoms. The van der Waals surface area contributed by atoms with Crippen LogP contribution < -0.4 is 15.4 Å². The van der Waals surface area contributed by atoms with E-state index < -0.39 is 0 Å². The Hall–Kier alpha value is -2.82. The van der Waals surface area contributed by atoms with E-state index in [9.17, 15) is 9.59 Å². The summed E-state index contributed by atoms with van der Waals surface area (Å²) in [6, 6.07) is 16.4. The smallest absolute Gasteiger partial charge is 0.251 e. The van der Waals surface area contributed by atoms with Crippen LogP contribution in [0.3, 0.4) is 0 Å². The minimum absolute atomic E-state index is 0.0533. The van der Waals surface area contributed by atoms with E-state index in [1.807, 2.05) is 44.2 Å². The molecule has 0 aliphatic rings. The van der Waals surface area contributed by atoms with Crippen molar-refractivity contribution in [2.45, 2.75) is 26.5 Å². The van der Waals surface area contributed by atoms with Crippen LogP contribution in [-0.4, -0.2) is 24.5 Å². The van der Waals surface area contributed by atoms with Crippen LogP contribution in [0, 0.1) is 0 Å². The predicted octanol–water partition coefficient (Wildman–Crippen LogP) is 2.52. The number of hydrogen-bond acceptors (Lipinski definition) is 3. The van der Waals surface area contributed by atoms with Gasteiger partial charge in [0, 0.05) is 12.1 Å². The highest BCUT2D eigenvalue weighted by atomic mass is 16.5. The highest BCUT2D eigenvalue weighted by molar-refractivity contribution is 5.96. The summed E-state index contributed by atoms with van der Waals surface area (Å²) >= 11 is 0. The van der Waals surface area contributed by atoms with Gasteiger partial charge in [-0.1, -0.05) is 30.3 Å². The van der Waals surface area contributed by atoms with Gasteiger partial charge in [0.25, 0.3) is 5.91 Å². The molecule has 0 saturated heterocycles. The fraction of sp³-hybridized carbons (Fsp3) is 0.263. The van der Waals surface area contributed by atoms with E-state index >= 15 is 0 Å². The first-order valence-electron chi connectivity index (χ1n) is 7.90. The zero-order valence-electron chi connectivity index (χ0n) is 13.9. The molecule has 126 valence electrons. The third kappa shape index (κ3) is 5.76. The van der Waals surface area contributed by atoms with Gasteiger partial charge in [-0.2, -0.15) is 0 Å². The average Bonchev–Trinajstić information content (AvgIpc) is 2.59. The van der Waals surface area contributed by atoms with Crippen molar-refractivity contribution in [3.05, 3.63) is 65.7 Å². The number of carbonyl (C=O) groups excluding carboxylic acids is 2. The predicted molar refractivity (Wildman–Crippen MR) is 92.8 cm³/mol. The van der Waals surface area contributed by atoms with Crippen LogP contribution in [0.5, 0.6) is 5.75 Å². The Labute approximate surface area is 142 Å². The van der Waals surface area contributed by atoms with Gasteiger partial charge in [-0.25, -0.2) is 0 Å². The normalized spacial score (nSPS) is 10.3. The van der Waals surface area contributed by atoms with Crippen LogP contribution >= 0.6 is 0 Å². The van der Waals surface area contributed by atoms with Crippen molar-refractivity contribution >= 4 is 11.8 Å². The van der Waals surface area contributed by atoms with Crippen LogP contribution in [0.25, 0.3) is 0 Å². The molecular weight excluding hydrogens is 304 g/mol. The van der Waals surface area contributed by atoms with Crippen LogP contribution in [0.1, 0.15) is 29.8 Å². The number of carbonyl (C=O) groups is 2. The lowest BCUT2D eigenvalue weighted by atomic mass is 10.2. The zero-order valence-corrected chi connectivity index (χ0v) is 13.9. The highest BCUT2D eigenvalue weighted by Gasteiger charge is 2.07. The first-order valence-corrected chi connectivity index (χ1v) is 7.90. The van der Waals surface area contributed by atoms with Gasteiger partial charge in [-0.3, -0.25) is 9.59 Å². The molecule has 0 atom stereocenters. The Morgan fingerprint density at radius 3 is 2.25 bits per heavy atom. The van der Waals surface area contributed by atoms with Crippen LogP contribution in [0.2, 0.25) is 0 Å². The van der Waals surface area contributed by atoms with E-state index in [4.69, 9.17) is 4.74 Å². The number of amides is 2. The minimum atomic E-state index is -0.263. The fourth-order valence-corrected chi connectivity index (χ4v) is 2.07. The van der Waals surface area contributed by atoms with Crippen molar-refractivity contribution in [2.24, 2.45) is 0 Å². The molecule has 5 nitrogen and oxygen atoms in total. The third-order valence-electron chi connectivity index (χ3n) is 3.23. The van der Waals surface area contributed by atoms with Gasteiger partial charge in [0.05, 0.1) is 12.6 Å². The van der Waals surface area contributed by atoms with E-state index in [0.29, 0.717) is 12.1 Å². The maximum absolute atomic E-state index is 11.8. The summed E-state index contributed by atoms with van der Waals surface area (Å²) in [5, 5.41) is 5.37. The summed E-state index contributed by atoms with van der Waals surface area (Å²) < 4.78 is 5.57.